The Morgan fingerprint density at radius 2 is 2.40 bits per heavy atom. The molecule has 106 valence electrons. The second-order valence-corrected chi connectivity index (χ2v) is 5.76. The van der Waals surface area contributed by atoms with Gasteiger partial charge in [-0.15, -0.1) is 11.3 Å². The van der Waals surface area contributed by atoms with Crippen molar-refractivity contribution in [2.24, 2.45) is 0 Å². The number of fused-ring (bicyclic) bond motifs is 1. The van der Waals surface area contributed by atoms with Crippen LogP contribution in [0.2, 0.25) is 0 Å². The number of benzene rings is 1. The summed E-state index contributed by atoms with van der Waals surface area (Å²) in [6.45, 7) is 1.11. The van der Waals surface area contributed by atoms with E-state index in [1.54, 1.807) is 23.1 Å². The Morgan fingerprint density at radius 3 is 3.15 bits per heavy atom. The number of aliphatic hydroxyl groups is 1. The maximum absolute atomic E-state index is 13.7. The predicted molar refractivity (Wildman–Crippen MR) is 74.5 cm³/mol. The largest absolute Gasteiger partial charge is 0.394 e. The van der Waals surface area contributed by atoms with Crippen LogP contribution in [0.1, 0.15) is 9.67 Å². The van der Waals surface area contributed by atoms with E-state index in [4.69, 9.17) is 4.74 Å². The minimum absolute atomic E-state index is 0.134. The average molecular weight is 295 g/mol. The van der Waals surface area contributed by atoms with Gasteiger partial charge in [-0.1, -0.05) is 6.07 Å². The molecule has 4 nitrogen and oxygen atoms in total. The summed E-state index contributed by atoms with van der Waals surface area (Å²) in [5.74, 6) is -0.494. The van der Waals surface area contributed by atoms with Crippen LogP contribution in [-0.4, -0.2) is 48.3 Å². The third-order valence-corrected chi connectivity index (χ3v) is 4.51. The van der Waals surface area contributed by atoms with E-state index in [1.807, 2.05) is 0 Å². The molecule has 1 saturated heterocycles. The highest BCUT2D eigenvalue weighted by Crippen LogP contribution is 2.29. The van der Waals surface area contributed by atoms with Crippen molar-refractivity contribution < 1.29 is 19.0 Å². The van der Waals surface area contributed by atoms with Gasteiger partial charge in [0.05, 0.1) is 30.7 Å². The topological polar surface area (TPSA) is 49.8 Å². The van der Waals surface area contributed by atoms with E-state index in [2.05, 4.69) is 0 Å². The number of carbonyl (C=O) groups is 1. The van der Waals surface area contributed by atoms with E-state index in [0.717, 1.165) is 4.70 Å². The Hall–Kier alpha value is -1.50. The fourth-order valence-electron chi connectivity index (χ4n) is 2.35. The number of nitrogens with zero attached hydrogens (tertiary/aromatic N) is 1. The molecule has 0 bridgehead atoms. The summed E-state index contributed by atoms with van der Waals surface area (Å²) in [5, 5.41) is 9.78. The molecule has 1 aliphatic rings. The summed E-state index contributed by atoms with van der Waals surface area (Å²) in [5.41, 5.74) is 0. The maximum Gasteiger partial charge on any atom is 0.264 e. The van der Waals surface area contributed by atoms with Gasteiger partial charge in [0.1, 0.15) is 5.82 Å². The number of carbonyl (C=O) groups excluding carboxylic acids is 1. The molecule has 1 unspecified atom stereocenters. The van der Waals surface area contributed by atoms with Crippen LogP contribution in [-0.2, 0) is 4.74 Å². The minimum Gasteiger partial charge on any atom is -0.394 e. The Morgan fingerprint density at radius 1 is 1.55 bits per heavy atom. The first-order chi connectivity index (χ1) is 9.70. The predicted octanol–water partition coefficient (Wildman–Crippen LogP) is 1.87. The average Bonchev–Trinajstić information content (AvgIpc) is 2.92. The maximum atomic E-state index is 13.7. The highest BCUT2D eigenvalue weighted by molar-refractivity contribution is 7.20. The third kappa shape index (κ3) is 2.30. The van der Waals surface area contributed by atoms with Crippen LogP contribution < -0.4 is 0 Å². The van der Waals surface area contributed by atoms with Gasteiger partial charge >= 0.3 is 0 Å². The Kier molecular flexibility index (Phi) is 3.69. The van der Waals surface area contributed by atoms with Crippen molar-refractivity contribution in [2.75, 3.05) is 26.4 Å². The molecule has 0 radical (unpaired) electrons. The Bertz CT molecular complexity index is 642. The molecule has 2 aromatic rings. The van der Waals surface area contributed by atoms with Gasteiger partial charge in [-0.05, 0) is 18.2 Å². The van der Waals surface area contributed by atoms with Crippen molar-refractivity contribution in [2.45, 2.75) is 6.04 Å². The van der Waals surface area contributed by atoms with Gasteiger partial charge in [0, 0.05) is 16.6 Å². The van der Waals surface area contributed by atoms with Crippen LogP contribution in [0.3, 0.4) is 0 Å². The van der Waals surface area contributed by atoms with Crippen LogP contribution >= 0.6 is 11.3 Å². The highest BCUT2D eigenvalue weighted by Gasteiger charge is 2.28. The smallest absolute Gasteiger partial charge is 0.264 e. The van der Waals surface area contributed by atoms with Crippen molar-refractivity contribution in [3.63, 3.8) is 0 Å². The summed E-state index contributed by atoms with van der Waals surface area (Å²) in [7, 11) is 0. The molecule has 20 heavy (non-hydrogen) atoms. The highest BCUT2D eigenvalue weighted by atomic mass is 32.1. The van der Waals surface area contributed by atoms with Crippen LogP contribution in [0.5, 0.6) is 0 Å². The molecular weight excluding hydrogens is 281 g/mol. The number of hydrogen-bond acceptors (Lipinski definition) is 4. The number of halogens is 1. The fraction of sp³-hybridized carbons (Fsp3) is 0.357. The number of amides is 1. The van der Waals surface area contributed by atoms with E-state index in [-0.39, 0.29) is 24.4 Å². The van der Waals surface area contributed by atoms with Crippen molar-refractivity contribution in [1.82, 2.24) is 4.90 Å². The SMILES string of the molecule is O=C(c1cc2c(F)cccc2s1)N1CCOCC1CO. The van der Waals surface area contributed by atoms with Crippen molar-refractivity contribution in [3.05, 3.63) is 35.0 Å². The normalized spacial score (nSPS) is 19.5. The number of ether oxygens (including phenoxy) is 1. The summed E-state index contributed by atoms with van der Waals surface area (Å²) in [6.07, 6.45) is 0. The molecule has 1 aromatic carbocycles. The van der Waals surface area contributed by atoms with Gasteiger partial charge in [0.25, 0.3) is 5.91 Å². The molecule has 1 aliphatic heterocycles. The molecule has 1 aromatic heterocycles. The lowest BCUT2D eigenvalue weighted by Crippen LogP contribution is -2.50. The lowest BCUT2D eigenvalue weighted by Gasteiger charge is -2.34. The summed E-state index contributed by atoms with van der Waals surface area (Å²) in [6, 6.07) is 6.07. The zero-order chi connectivity index (χ0) is 14.1. The summed E-state index contributed by atoms with van der Waals surface area (Å²) >= 11 is 1.27. The molecule has 0 spiro atoms. The summed E-state index contributed by atoms with van der Waals surface area (Å²) < 4.78 is 19.7. The van der Waals surface area contributed by atoms with E-state index < -0.39 is 0 Å². The molecule has 0 saturated carbocycles. The monoisotopic (exact) mass is 295 g/mol. The van der Waals surface area contributed by atoms with Crippen LogP contribution in [0.25, 0.3) is 10.1 Å². The van der Waals surface area contributed by atoms with Gasteiger partial charge < -0.3 is 14.7 Å². The first-order valence-corrected chi connectivity index (χ1v) is 7.20. The Balaban J connectivity index is 1.93. The van der Waals surface area contributed by atoms with Crippen molar-refractivity contribution in [3.8, 4) is 0 Å². The van der Waals surface area contributed by atoms with Gasteiger partial charge in [0.2, 0.25) is 0 Å². The summed E-state index contributed by atoms with van der Waals surface area (Å²) in [4.78, 5) is 14.6. The van der Waals surface area contributed by atoms with E-state index in [9.17, 15) is 14.3 Å². The van der Waals surface area contributed by atoms with Gasteiger partial charge in [-0.2, -0.15) is 0 Å². The van der Waals surface area contributed by atoms with E-state index in [0.29, 0.717) is 30.0 Å². The first-order valence-electron chi connectivity index (χ1n) is 6.38. The first kappa shape index (κ1) is 13.5. The van der Waals surface area contributed by atoms with E-state index in [1.165, 1.54) is 17.4 Å². The lowest BCUT2D eigenvalue weighted by molar-refractivity contribution is -0.0181. The third-order valence-electron chi connectivity index (χ3n) is 3.42. The molecule has 3 rings (SSSR count). The molecular formula is C14H14FNO3S. The number of aliphatic hydroxyl groups excluding tert-OH is 1. The molecule has 6 heteroatoms. The zero-order valence-electron chi connectivity index (χ0n) is 10.7. The number of hydrogen-bond donors (Lipinski definition) is 1. The quantitative estimate of drug-likeness (QED) is 0.920. The number of thiophene rings is 1. The molecule has 1 atom stereocenters. The second kappa shape index (κ2) is 5.47. The minimum atomic E-state index is -0.327. The molecule has 1 N–H and O–H groups in total. The number of rotatable bonds is 2. The van der Waals surface area contributed by atoms with E-state index >= 15 is 0 Å². The fourth-order valence-corrected chi connectivity index (χ4v) is 3.38. The van der Waals surface area contributed by atoms with Crippen LogP contribution in [0.15, 0.2) is 24.3 Å². The second-order valence-electron chi connectivity index (χ2n) is 4.67. The van der Waals surface area contributed by atoms with Gasteiger partial charge in [-0.25, -0.2) is 4.39 Å². The molecule has 2 heterocycles. The van der Waals surface area contributed by atoms with Gasteiger partial charge in [-0.3, -0.25) is 4.79 Å². The number of morpholine rings is 1. The molecule has 1 amide bonds. The molecule has 0 aliphatic carbocycles. The zero-order valence-corrected chi connectivity index (χ0v) is 11.5. The van der Waals surface area contributed by atoms with Crippen LogP contribution in [0.4, 0.5) is 4.39 Å². The van der Waals surface area contributed by atoms with Crippen LogP contribution in [0, 0.1) is 5.82 Å². The van der Waals surface area contributed by atoms with Crippen molar-refractivity contribution >= 4 is 27.3 Å². The molecule has 1 fully saturated rings. The lowest BCUT2D eigenvalue weighted by atomic mass is 10.2. The standard InChI is InChI=1S/C14H14FNO3S/c15-11-2-1-3-12-10(11)6-13(20-12)14(18)16-4-5-19-8-9(16)7-17/h1-3,6,9,17H,4-5,7-8H2. The van der Waals surface area contributed by atoms with Gasteiger partial charge in [0.15, 0.2) is 0 Å². The Labute approximate surface area is 119 Å². The van der Waals surface area contributed by atoms with Crippen molar-refractivity contribution in [1.29, 1.82) is 0 Å².